The number of nitrogens with zero attached hydrogens (tertiary/aromatic N) is 2. The number of thioether (sulfide) groups is 1. The Hall–Kier alpha value is -1.30. The largest absolute Gasteiger partial charge is 0.379 e. The van der Waals surface area contributed by atoms with Crippen molar-refractivity contribution in [2.45, 2.75) is 19.9 Å². The predicted octanol–water partition coefficient (Wildman–Crippen LogP) is 2.54. The van der Waals surface area contributed by atoms with Crippen LogP contribution in [-0.2, 0) is 0 Å². The highest BCUT2D eigenvalue weighted by atomic mass is 32.2. The average Bonchev–Trinajstić information content (AvgIpc) is 2.27. The lowest BCUT2D eigenvalue weighted by Crippen LogP contribution is -2.18. The standard InChI is InChI=1S/C10H15N3O2S/c1-3-16-7-8(2)12-9-4-5-10(11-6-9)13(14)15/h4-6,8,12H,3,7H2,1-2H3. The van der Waals surface area contributed by atoms with Crippen molar-refractivity contribution >= 4 is 23.3 Å². The van der Waals surface area contributed by atoms with Gasteiger partial charge in [-0.1, -0.05) is 6.92 Å². The van der Waals surface area contributed by atoms with Gasteiger partial charge in [0.2, 0.25) is 0 Å². The van der Waals surface area contributed by atoms with Gasteiger partial charge in [-0.25, -0.2) is 0 Å². The van der Waals surface area contributed by atoms with Crippen LogP contribution < -0.4 is 5.32 Å². The summed E-state index contributed by atoms with van der Waals surface area (Å²) in [6.45, 7) is 4.19. The van der Waals surface area contributed by atoms with E-state index in [9.17, 15) is 10.1 Å². The lowest BCUT2D eigenvalue weighted by atomic mass is 10.3. The molecule has 0 aliphatic carbocycles. The van der Waals surface area contributed by atoms with Gasteiger partial charge in [0.05, 0.1) is 5.69 Å². The maximum Gasteiger partial charge on any atom is 0.363 e. The predicted molar refractivity (Wildman–Crippen MR) is 67.0 cm³/mol. The van der Waals surface area contributed by atoms with E-state index in [0.717, 1.165) is 17.2 Å². The van der Waals surface area contributed by atoms with Crippen molar-refractivity contribution < 1.29 is 4.92 Å². The van der Waals surface area contributed by atoms with Crippen LogP contribution in [0.4, 0.5) is 11.5 Å². The van der Waals surface area contributed by atoms with Gasteiger partial charge in [-0.15, -0.1) is 0 Å². The average molecular weight is 241 g/mol. The fourth-order valence-corrected chi connectivity index (χ4v) is 1.87. The van der Waals surface area contributed by atoms with Crippen LogP contribution >= 0.6 is 11.8 Å². The van der Waals surface area contributed by atoms with Crippen LogP contribution in [-0.4, -0.2) is 27.5 Å². The zero-order valence-corrected chi connectivity index (χ0v) is 10.2. The van der Waals surface area contributed by atoms with Crippen molar-refractivity contribution in [3.8, 4) is 0 Å². The number of hydrogen-bond acceptors (Lipinski definition) is 5. The number of nitrogens with one attached hydrogen (secondary N) is 1. The fourth-order valence-electron chi connectivity index (χ4n) is 1.20. The summed E-state index contributed by atoms with van der Waals surface area (Å²) in [6.07, 6.45) is 1.49. The van der Waals surface area contributed by atoms with E-state index in [1.54, 1.807) is 6.07 Å². The summed E-state index contributed by atoms with van der Waals surface area (Å²) >= 11 is 1.85. The molecule has 16 heavy (non-hydrogen) atoms. The zero-order valence-electron chi connectivity index (χ0n) is 9.34. The molecule has 0 saturated carbocycles. The van der Waals surface area contributed by atoms with Crippen molar-refractivity contribution in [2.75, 3.05) is 16.8 Å². The summed E-state index contributed by atoms with van der Waals surface area (Å²) in [5.74, 6) is 1.97. The summed E-state index contributed by atoms with van der Waals surface area (Å²) in [5.41, 5.74) is 0.815. The highest BCUT2D eigenvalue weighted by Crippen LogP contribution is 2.13. The Bertz CT molecular complexity index is 342. The molecule has 0 aliphatic heterocycles. The molecule has 0 saturated heterocycles. The Morgan fingerprint density at radius 2 is 2.38 bits per heavy atom. The van der Waals surface area contributed by atoms with Gasteiger partial charge in [0.15, 0.2) is 6.20 Å². The minimum atomic E-state index is -0.500. The van der Waals surface area contributed by atoms with Gasteiger partial charge in [0.1, 0.15) is 0 Å². The van der Waals surface area contributed by atoms with E-state index >= 15 is 0 Å². The van der Waals surface area contributed by atoms with E-state index in [2.05, 4.69) is 24.1 Å². The fraction of sp³-hybridized carbons (Fsp3) is 0.500. The SMILES string of the molecule is CCSCC(C)Nc1ccc([N+](=O)[O-])nc1. The van der Waals surface area contributed by atoms with E-state index < -0.39 is 4.92 Å². The van der Waals surface area contributed by atoms with Crippen LogP contribution in [0.5, 0.6) is 0 Å². The number of hydrogen-bond donors (Lipinski definition) is 1. The number of rotatable bonds is 6. The maximum atomic E-state index is 10.4. The first-order valence-electron chi connectivity index (χ1n) is 5.08. The lowest BCUT2D eigenvalue weighted by molar-refractivity contribution is -0.389. The Morgan fingerprint density at radius 3 is 2.88 bits per heavy atom. The molecule has 6 heteroatoms. The molecule has 0 aliphatic rings. The van der Waals surface area contributed by atoms with Crippen LogP contribution in [0.2, 0.25) is 0 Å². The molecule has 1 atom stereocenters. The summed E-state index contributed by atoms with van der Waals surface area (Å²) in [5, 5.41) is 13.6. The van der Waals surface area contributed by atoms with Gasteiger partial charge in [0, 0.05) is 17.9 Å². The minimum Gasteiger partial charge on any atom is -0.379 e. The molecule has 1 rings (SSSR count). The van der Waals surface area contributed by atoms with Crippen LogP contribution in [0.15, 0.2) is 18.3 Å². The molecule has 1 aromatic heterocycles. The number of pyridine rings is 1. The van der Waals surface area contributed by atoms with Crippen molar-refractivity contribution in [1.29, 1.82) is 0 Å². The number of anilines is 1. The third kappa shape index (κ3) is 4.06. The first-order valence-corrected chi connectivity index (χ1v) is 6.23. The van der Waals surface area contributed by atoms with Crippen LogP contribution in [0, 0.1) is 10.1 Å². The van der Waals surface area contributed by atoms with Crippen molar-refractivity contribution in [3.63, 3.8) is 0 Å². The second kappa shape index (κ2) is 6.32. The lowest BCUT2D eigenvalue weighted by Gasteiger charge is -2.12. The third-order valence-electron chi connectivity index (χ3n) is 1.92. The first-order chi connectivity index (χ1) is 7.63. The maximum absolute atomic E-state index is 10.4. The third-order valence-corrected chi connectivity index (χ3v) is 3.06. The van der Waals surface area contributed by atoms with E-state index in [1.165, 1.54) is 12.3 Å². The molecule has 0 fully saturated rings. The van der Waals surface area contributed by atoms with Gasteiger partial charge in [-0.05, 0) is 28.7 Å². The second-order valence-corrected chi connectivity index (χ2v) is 4.69. The van der Waals surface area contributed by atoms with E-state index in [0.29, 0.717) is 6.04 Å². The molecule has 5 nitrogen and oxygen atoms in total. The molecule has 1 aromatic rings. The zero-order chi connectivity index (χ0) is 12.0. The highest BCUT2D eigenvalue weighted by molar-refractivity contribution is 7.99. The van der Waals surface area contributed by atoms with Crippen LogP contribution in [0.3, 0.4) is 0 Å². The molecule has 0 spiro atoms. The minimum absolute atomic E-state index is 0.124. The monoisotopic (exact) mass is 241 g/mol. The summed E-state index contributed by atoms with van der Waals surface area (Å²) in [6, 6.07) is 3.41. The van der Waals surface area contributed by atoms with E-state index in [-0.39, 0.29) is 5.82 Å². The Labute approximate surface area is 98.8 Å². The highest BCUT2D eigenvalue weighted by Gasteiger charge is 2.07. The summed E-state index contributed by atoms with van der Waals surface area (Å²) in [4.78, 5) is 13.6. The molecule has 0 radical (unpaired) electrons. The Morgan fingerprint density at radius 1 is 1.62 bits per heavy atom. The summed E-state index contributed by atoms with van der Waals surface area (Å²) < 4.78 is 0. The summed E-state index contributed by atoms with van der Waals surface area (Å²) in [7, 11) is 0. The van der Waals surface area contributed by atoms with Crippen molar-refractivity contribution in [3.05, 3.63) is 28.4 Å². The second-order valence-electron chi connectivity index (χ2n) is 3.37. The molecule has 0 aromatic carbocycles. The van der Waals surface area contributed by atoms with Gasteiger partial charge in [0.25, 0.3) is 0 Å². The first kappa shape index (κ1) is 12.8. The van der Waals surface area contributed by atoms with Crippen LogP contribution in [0.25, 0.3) is 0 Å². The van der Waals surface area contributed by atoms with Gasteiger partial charge >= 0.3 is 5.82 Å². The molecule has 1 unspecified atom stereocenters. The van der Waals surface area contributed by atoms with Crippen molar-refractivity contribution in [2.24, 2.45) is 0 Å². The smallest absolute Gasteiger partial charge is 0.363 e. The van der Waals surface area contributed by atoms with Crippen LogP contribution in [0.1, 0.15) is 13.8 Å². The molecule has 0 bridgehead atoms. The Kier molecular flexibility index (Phi) is 5.04. The van der Waals surface area contributed by atoms with Gasteiger partial charge in [-0.2, -0.15) is 11.8 Å². The number of nitro groups is 1. The molecule has 1 heterocycles. The van der Waals surface area contributed by atoms with Gasteiger partial charge < -0.3 is 15.4 Å². The normalized spacial score (nSPS) is 12.1. The Balaban J connectivity index is 2.51. The molecule has 0 amide bonds. The number of aromatic nitrogens is 1. The van der Waals surface area contributed by atoms with Gasteiger partial charge in [-0.3, -0.25) is 0 Å². The molecular weight excluding hydrogens is 226 g/mol. The topological polar surface area (TPSA) is 68.1 Å². The molecule has 88 valence electrons. The molecule has 1 N–H and O–H groups in total. The van der Waals surface area contributed by atoms with Crippen molar-refractivity contribution in [1.82, 2.24) is 4.98 Å². The quantitative estimate of drug-likeness (QED) is 0.612. The molecular formula is C10H15N3O2S. The van der Waals surface area contributed by atoms with E-state index in [4.69, 9.17) is 0 Å². The van der Waals surface area contributed by atoms with E-state index in [1.807, 2.05) is 11.8 Å².